The second-order valence-corrected chi connectivity index (χ2v) is 5.13. The van der Waals surface area contributed by atoms with Gasteiger partial charge in [-0.15, -0.1) is 0 Å². The number of carbonyl (C=O) groups is 2. The molecule has 1 heterocycles. The van der Waals surface area contributed by atoms with Crippen LogP contribution in [0.1, 0.15) is 26.4 Å². The van der Waals surface area contributed by atoms with E-state index < -0.39 is 11.8 Å². The molecule has 0 atom stereocenters. The molecule has 0 aliphatic heterocycles. The monoisotopic (exact) mass is 323 g/mol. The minimum Gasteiger partial charge on any atom is -0.366 e. The first-order valence-electron chi connectivity index (χ1n) is 5.91. The predicted molar refractivity (Wildman–Crippen MR) is 81.9 cm³/mol. The molecule has 0 unspecified atom stereocenters. The quantitative estimate of drug-likeness (QED) is 0.910. The van der Waals surface area contributed by atoms with Gasteiger partial charge in [0.1, 0.15) is 0 Å². The van der Waals surface area contributed by atoms with Crippen molar-refractivity contribution in [2.75, 3.05) is 5.32 Å². The first kappa shape index (κ1) is 15.3. The Hall–Kier alpha value is -2.11. The summed E-state index contributed by atoms with van der Waals surface area (Å²) in [5, 5.41) is 3.09. The summed E-state index contributed by atoms with van der Waals surface area (Å²) in [7, 11) is 0. The fourth-order valence-corrected chi connectivity index (χ4v) is 2.25. The van der Waals surface area contributed by atoms with Crippen molar-refractivity contribution in [1.82, 2.24) is 4.98 Å². The Bertz CT molecular complexity index is 732. The number of primary amides is 1. The van der Waals surface area contributed by atoms with E-state index in [2.05, 4.69) is 10.3 Å². The summed E-state index contributed by atoms with van der Waals surface area (Å²) in [6.07, 6.45) is 1.40. The third kappa shape index (κ3) is 3.51. The minimum atomic E-state index is -0.636. The maximum atomic E-state index is 12.1. The number of amides is 2. The molecule has 2 aromatic rings. The van der Waals surface area contributed by atoms with Crippen molar-refractivity contribution in [3.05, 3.63) is 57.3 Å². The van der Waals surface area contributed by atoms with Crippen LogP contribution in [-0.4, -0.2) is 16.8 Å². The van der Waals surface area contributed by atoms with Gasteiger partial charge in [0.25, 0.3) is 5.91 Å². The third-order valence-electron chi connectivity index (χ3n) is 2.73. The van der Waals surface area contributed by atoms with Gasteiger partial charge in [0.15, 0.2) is 0 Å². The Labute approximate surface area is 131 Å². The Morgan fingerprint density at radius 1 is 1.14 bits per heavy atom. The van der Waals surface area contributed by atoms with Gasteiger partial charge in [0.05, 0.1) is 21.2 Å². The first-order chi connectivity index (χ1) is 9.88. The molecular weight excluding hydrogens is 313 g/mol. The Morgan fingerprint density at radius 3 is 2.38 bits per heavy atom. The molecule has 0 radical (unpaired) electrons. The number of hydrogen-bond donors (Lipinski definition) is 2. The van der Waals surface area contributed by atoms with Crippen LogP contribution in [0.2, 0.25) is 10.0 Å². The lowest BCUT2D eigenvalue weighted by molar-refractivity contribution is 0.0998. The maximum absolute atomic E-state index is 12.1. The smallest absolute Gasteiger partial charge is 0.258 e. The van der Waals surface area contributed by atoms with Crippen molar-refractivity contribution >= 4 is 40.7 Å². The largest absolute Gasteiger partial charge is 0.366 e. The van der Waals surface area contributed by atoms with Crippen LogP contribution in [0.5, 0.6) is 0 Å². The first-order valence-corrected chi connectivity index (χ1v) is 6.67. The fraction of sp³-hybridized carbons (Fsp3) is 0.0714. The van der Waals surface area contributed by atoms with E-state index >= 15 is 0 Å². The number of rotatable bonds is 3. The molecule has 1 aromatic carbocycles. The van der Waals surface area contributed by atoms with Crippen molar-refractivity contribution in [2.24, 2.45) is 5.73 Å². The molecule has 0 fully saturated rings. The normalized spacial score (nSPS) is 10.2. The van der Waals surface area contributed by atoms with Gasteiger partial charge in [-0.05, 0) is 31.2 Å². The summed E-state index contributed by atoms with van der Waals surface area (Å²) in [4.78, 5) is 27.2. The SMILES string of the molecule is Cc1cc(Cl)c(C(=O)Nc2ccc(C(N)=O)c(Cl)c2)cn1. The number of hydrogen-bond acceptors (Lipinski definition) is 3. The van der Waals surface area contributed by atoms with Crippen LogP contribution in [0.15, 0.2) is 30.5 Å². The van der Waals surface area contributed by atoms with E-state index in [1.165, 1.54) is 24.4 Å². The maximum Gasteiger partial charge on any atom is 0.258 e. The van der Waals surface area contributed by atoms with Crippen LogP contribution in [0.3, 0.4) is 0 Å². The molecule has 0 aliphatic carbocycles. The zero-order chi connectivity index (χ0) is 15.6. The molecule has 5 nitrogen and oxygen atoms in total. The van der Waals surface area contributed by atoms with Crippen molar-refractivity contribution < 1.29 is 9.59 Å². The zero-order valence-electron chi connectivity index (χ0n) is 11.0. The molecule has 1 aromatic heterocycles. The summed E-state index contributed by atoms with van der Waals surface area (Å²) in [6.45, 7) is 1.77. The number of nitrogens with zero attached hydrogens (tertiary/aromatic N) is 1. The summed E-state index contributed by atoms with van der Waals surface area (Å²) in [5.41, 5.74) is 6.72. The van der Waals surface area contributed by atoms with Gasteiger partial charge in [-0.2, -0.15) is 0 Å². The highest BCUT2D eigenvalue weighted by Crippen LogP contribution is 2.22. The number of nitrogens with one attached hydrogen (secondary N) is 1. The summed E-state index contributed by atoms with van der Waals surface area (Å²) >= 11 is 11.9. The van der Waals surface area contributed by atoms with E-state index in [4.69, 9.17) is 28.9 Å². The average Bonchev–Trinajstić information content (AvgIpc) is 2.37. The van der Waals surface area contributed by atoms with Crippen LogP contribution in [0.25, 0.3) is 0 Å². The average molecular weight is 324 g/mol. The van der Waals surface area contributed by atoms with Gasteiger partial charge in [-0.3, -0.25) is 14.6 Å². The van der Waals surface area contributed by atoms with Gasteiger partial charge in [0.2, 0.25) is 5.91 Å². The van der Waals surface area contributed by atoms with Gasteiger partial charge < -0.3 is 11.1 Å². The number of pyridine rings is 1. The van der Waals surface area contributed by atoms with E-state index in [0.717, 1.165) is 0 Å². The van der Waals surface area contributed by atoms with Crippen LogP contribution in [0.4, 0.5) is 5.69 Å². The van der Waals surface area contributed by atoms with Crippen LogP contribution < -0.4 is 11.1 Å². The number of halogens is 2. The second kappa shape index (κ2) is 6.11. The third-order valence-corrected chi connectivity index (χ3v) is 3.35. The number of nitrogens with two attached hydrogens (primary N) is 1. The van der Waals surface area contributed by atoms with E-state index in [1.807, 2.05) is 0 Å². The molecule has 0 spiro atoms. The molecule has 0 saturated heterocycles. The molecule has 21 heavy (non-hydrogen) atoms. The van der Waals surface area contributed by atoms with Gasteiger partial charge in [0, 0.05) is 17.6 Å². The zero-order valence-corrected chi connectivity index (χ0v) is 12.5. The molecule has 7 heteroatoms. The van der Waals surface area contributed by atoms with Crippen molar-refractivity contribution in [3.63, 3.8) is 0 Å². The molecule has 108 valence electrons. The second-order valence-electron chi connectivity index (χ2n) is 4.32. The number of benzene rings is 1. The van der Waals surface area contributed by atoms with E-state index in [9.17, 15) is 9.59 Å². The Balaban J connectivity index is 2.23. The minimum absolute atomic E-state index is 0.161. The molecular formula is C14H11Cl2N3O2. The van der Waals surface area contributed by atoms with Crippen molar-refractivity contribution in [1.29, 1.82) is 0 Å². The standard InChI is InChI=1S/C14H11Cl2N3O2/c1-7-4-11(15)10(6-18-7)14(21)19-8-2-3-9(13(17)20)12(16)5-8/h2-6H,1H3,(H2,17,20)(H,19,21). The lowest BCUT2D eigenvalue weighted by Crippen LogP contribution is -2.14. The molecule has 0 aliphatic rings. The topological polar surface area (TPSA) is 85.1 Å². The molecule has 2 rings (SSSR count). The van der Waals surface area contributed by atoms with Crippen LogP contribution in [0, 0.1) is 6.92 Å². The van der Waals surface area contributed by atoms with E-state index in [0.29, 0.717) is 16.4 Å². The van der Waals surface area contributed by atoms with Crippen molar-refractivity contribution in [3.8, 4) is 0 Å². The van der Waals surface area contributed by atoms with Gasteiger partial charge in [-0.1, -0.05) is 23.2 Å². The summed E-state index contributed by atoms with van der Waals surface area (Å²) < 4.78 is 0. The van der Waals surface area contributed by atoms with E-state index in [1.54, 1.807) is 13.0 Å². The predicted octanol–water partition coefficient (Wildman–Crippen LogP) is 3.05. The number of aryl methyl sites for hydroxylation is 1. The highest BCUT2D eigenvalue weighted by Gasteiger charge is 2.13. The number of carbonyl (C=O) groups excluding carboxylic acids is 2. The summed E-state index contributed by atoms with van der Waals surface area (Å²) in [6, 6.07) is 6.00. The highest BCUT2D eigenvalue weighted by molar-refractivity contribution is 6.35. The van der Waals surface area contributed by atoms with Gasteiger partial charge >= 0.3 is 0 Å². The Kier molecular flexibility index (Phi) is 4.45. The van der Waals surface area contributed by atoms with Gasteiger partial charge in [-0.25, -0.2) is 0 Å². The highest BCUT2D eigenvalue weighted by atomic mass is 35.5. The van der Waals surface area contributed by atoms with Crippen LogP contribution in [-0.2, 0) is 0 Å². The van der Waals surface area contributed by atoms with Crippen LogP contribution >= 0.6 is 23.2 Å². The summed E-state index contributed by atoms with van der Waals surface area (Å²) in [5.74, 6) is -1.06. The molecule has 0 saturated carbocycles. The number of anilines is 1. The molecule has 3 N–H and O–H groups in total. The molecule has 0 bridgehead atoms. The van der Waals surface area contributed by atoms with E-state index in [-0.39, 0.29) is 16.1 Å². The molecule has 2 amide bonds. The fourth-order valence-electron chi connectivity index (χ4n) is 1.68. The van der Waals surface area contributed by atoms with Crippen molar-refractivity contribution in [2.45, 2.75) is 6.92 Å². The number of aromatic nitrogens is 1. The Morgan fingerprint density at radius 2 is 1.81 bits per heavy atom. The lowest BCUT2D eigenvalue weighted by Gasteiger charge is -2.08. The lowest BCUT2D eigenvalue weighted by atomic mass is 10.2.